The van der Waals surface area contributed by atoms with Crippen molar-refractivity contribution in [1.82, 2.24) is 9.78 Å². The lowest BCUT2D eigenvalue weighted by Gasteiger charge is -2.10. The Labute approximate surface area is 134 Å². The third-order valence-corrected chi connectivity index (χ3v) is 3.52. The molecule has 0 saturated carbocycles. The fourth-order valence-corrected chi connectivity index (χ4v) is 2.25. The van der Waals surface area contributed by atoms with Gasteiger partial charge in [0.05, 0.1) is 18.4 Å². The van der Waals surface area contributed by atoms with Crippen LogP contribution in [0.5, 0.6) is 5.75 Å². The van der Waals surface area contributed by atoms with E-state index in [1.54, 1.807) is 30.3 Å². The van der Waals surface area contributed by atoms with Crippen molar-refractivity contribution in [2.75, 3.05) is 7.11 Å². The molecular formula is C16H12N2O6. The summed E-state index contributed by atoms with van der Waals surface area (Å²) in [6, 6.07) is 8.31. The highest BCUT2D eigenvalue weighted by Crippen LogP contribution is 2.25. The summed E-state index contributed by atoms with van der Waals surface area (Å²) in [5, 5.41) is 13.8. The van der Waals surface area contributed by atoms with Gasteiger partial charge in [0.25, 0.3) is 5.56 Å². The van der Waals surface area contributed by atoms with Crippen LogP contribution in [0.25, 0.3) is 16.7 Å². The summed E-state index contributed by atoms with van der Waals surface area (Å²) in [5.41, 5.74) is -2.16. The van der Waals surface area contributed by atoms with E-state index in [1.807, 2.05) is 0 Å². The molecule has 1 N–H and O–H groups in total. The Hall–Kier alpha value is -3.42. The first-order chi connectivity index (χ1) is 11.5. The van der Waals surface area contributed by atoms with Crippen molar-refractivity contribution >= 4 is 16.9 Å². The topological polar surface area (TPSA) is 112 Å². The molecule has 2 heterocycles. The minimum Gasteiger partial charge on any atom is -0.506 e. The van der Waals surface area contributed by atoms with Gasteiger partial charge in [-0.3, -0.25) is 4.79 Å². The molecule has 0 aliphatic rings. The van der Waals surface area contributed by atoms with Crippen LogP contribution in [0.15, 0.2) is 44.3 Å². The van der Waals surface area contributed by atoms with Crippen molar-refractivity contribution in [1.29, 1.82) is 0 Å². The minimum absolute atomic E-state index is 0.138. The number of fused-ring (bicyclic) bond motifs is 1. The molecule has 0 unspecified atom stereocenters. The van der Waals surface area contributed by atoms with Crippen LogP contribution in [0.2, 0.25) is 0 Å². The number of carbonyl (C=O) groups is 1. The number of para-hydroxylation sites is 1. The molecule has 2 aromatic heterocycles. The lowest BCUT2D eigenvalue weighted by molar-refractivity contribution is 0.0592. The van der Waals surface area contributed by atoms with E-state index in [1.165, 1.54) is 6.92 Å². The first kappa shape index (κ1) is 15.5. The van der Waals surface area contributed by atoms with Gasteiger partial charge in [-0.1, -0.05) is 18.2 Å². The molecule has 3 rings (SSSR count). The zero-order valence-electron chi connectivity index (χ0n) is 12.8. The van der Waals surface area contributed by atoms with Crippen molar-refractivity contribution < 1.29 is 19.1 Å². The molecule has 0 atom stereocenters. The molecule has 0 bridgehead atoms. The number of hydrogen-bond donors (Lipinski definition) is 1. The van der Waals surface area contributed by atoms with Crippen LogP contribution in [0.3, 0.4) is 0 Å². The van der Waals surface area contributed by atoms with Crippen LogP contribution in [0, 0.1) is 6.92 Å². The summed E-state index contributed by atoms with van der Waals surface area (Å²) in [5.74, 6) is -1.46. The average Bonchev–Trinajstić information content (AvgIpc) is 2.60. The Bertz CT molecular complexity index is 1070. The lowest BCUT2D eigenvalue weighted by Crippen LogP contribution is -2.26. The Balaban J connectivity index is 2.54. The summed E-state index contributed by atoms with van der Waals surface area (Å²) >= 11 is 0. The van der Waals surface area contributed by atoms with E-state index >= 15 is 0 Å². The average molecular weight is 328 g/mol. The molecule has 8 heteroatoms. The number of hydrogen-bond acceptors (Lipinski definition) is 7. The molecule has 0 amide bonds. The van der Waals surface area contributed by atoms with Gasteiger partial charge in [-0.05, 0) is 19.1 Å². The van der Waals surface area contributed by atoms with Gasteiger partial charge in [0.15, 0.2) is 5.58 Å². The highest BCUT2D eigenvalue weighted by molar-refractivity contribution is 6.01. The zero-order chi connectivity index (χ0) is 17.4. The van der Waals surface area contributed by atoms with Crippen LogP contribution in [-0.2, 0) is 4.74 Å². The second kappa shape index (κ2) is 5.65. The van der Waals surface area contributed by atoms with Crippen LogP contribution < -0.4 is 11.2 Å². The molecule has 122 valence electrons. The Morgan fingerprint density at radius 3 is 2.54 bits per heavy atom. The lowest BCUT2D eigenvalue weighted by atomic mass is 10.2. The van der Waals surface area contributed by atoms with Crippen molar-refractivity contribution in [2.24, 2.45) is 0 Å². The van der Waals surface area contributed by atoms with Gasteiger partial charge in [0.1, 0.15) is 11.1 Å². The summed E-state index contributed by atoms with van der Waals surface area (Å²) in [6.07, 6.45) is 0. The van der Waals surface area contributed by atoms with E-state index in [2.05, 4.69) is 9.84 Å². The molecule has 0 aliphatic carbocycles. The summed E-state index contributed by atoms with van der Waals surface area (Å²) < 4.78 is 10.6. The van der Waals surface area contributed by atoms with Crippen molar-refractivity contribution in [3.05, 3.63) is 62.4 Å². The number of esters is 1. The maximum Gasteiger partial charge on any atom is 0.362 e. The van der Waals surface area contributed by atoms with Crippen molar-refractivity contribution in [3.63, 3.8) is 0 Å². The highest BCUT2D eigenvalue weighted by atomic mass is 16.5. The van der Waals surface area contributed by atoms with Gasteiger partial charge in [0.2, 0.25) is 5.69 Å². The largest absolute Gasteiger partial charge is 0.506 e. The monoisotopic (exact) mass is 328 g/mol. The Morgan fingerprint density at radius 1 is 1.25 bits per heavy atom. The summed E-state index contributed by atoms with van der Waals surface area (Å²) in [7, 11) is 1.12. The molecule has 3 aromatic rings. The van der Waals surface area contributed by atoms with Crippen molar-refractivity contribution in [2.45, 2.75) is 6.92 Å². The van der Waals surface area contributed by atoms with Crippen molar-refractivity contribution in [3.8, 4) is 11.4 Å². The van der Waals surface area contributed by atoms with Gasteiger partial charge < -0.3 is 14.3 Å². The fraction of sp³-hybridized carbons (Fsp3) is 0.125. The van der Waals surface area contributed by atoms with Crippen LogP contribution in [0.4, 0.5) is 0 Å². The number of methoxy groups -OCH3 is 1. The molecule has 1 aromatic carbocycles. The predicted molar refractivity (Wildman–Crippen MR) is 83.6 cm³/mol. The number of ether oxygens (including phenoxy) is 1. The van der Waals surface area contributed by atoms with E-state index in [0.717, 1.165) is 11.8 Å². The van der Waals surface area contributed by atoms with Gasteiger partial charge in [-0.25, -0.2) is 9.59 Å². The van der Waals surface area contributed by atoms with E-state index in [9.17, 15) is 19.5 Å². The molecule has 0 spiro atoms. The smallest absolute Gasteiger partial charge is 0.362 e. The number of carbonyl (C=O) groups excluding carboxylic acids is 1. The van der Waals surface area contributed by atoms with E-state index in [0.29, 0.717) is 5.69 Å². The fourth-order valence-electron chi connectivity index (χ4n) is 2.25. The predicted octanol–water partition coefficient (Wildman–Crippen LogP) is 1.14. The first-order valence-electron chi connectivity index (χ1n) is 6.89. The molecule has 0 saturated heterocycles. The molecule has 0 aliphatic heterocycles. The number of benzene rings is 1. The number of aromatic nitrogens is 2. The normalized spacial score (nSPS) is 10.8. The summed E-state index contributed by atoms with van der Waals surface area (Å²) in [4.78, 5) is 36.5. The first-order valence-corrected chi connectivity index (χ1v) is 6.89. The third kappa shape index (κ3) is 2.24. The quantitative estimate of drug-likeness (QED) is 0.702. The number of aromatic hydroxyl groups is 1. The highest BCUT2D eigenvalue weighted by Gasteiger charge is 2.24. The third-order valence-electron chi connectivity index (χ3n) is 3.52. The number of nitrogens with zero attached hydrogens (tertiary/aromatic N) is 2. The van der Waals surface area contributed by atoms with E-state index in [-0.39, 0.29) is 16.6 Å². The standard InChI is InChI=1S/C16H12N2O6/c1-8-12(19)10-13(24-15(8)21)11(16(22)23-2)17-18(14(10)20)9-6-4-3-5-7-9/h3-7,19H,1-2H3. The molecule has 24 heavy (non-hydrogen) atoms. The SMILES string of the molecule is COC(=O)c1nn(-c2ccccc2)c(=O)c2c(O)c(C)c(=O)oc12. The van der Waals surface area contributed by atoms with Crippen LogP contribution >= 0.6 is 0 Å². The minimum atomic E-state index is -0.906. The zero-order valence-corrected chi connectivity index (χ0v) is 12.8. The van der Waals surface area contributed by atoms with Crippen LogP contribution in [-0.4, -0.2) is 28.0 Å². The van der Waals surface area contributed by atoms with Gasteiger partial charge in [0, 0.05) is 0 Å². The summed E-state index contributed by atoms with van der Waals surface area (Å²) in [6.45, 7) is 1.31. The van der Waals surface area contributed by atoms with Gasteiger partial charge >= 0.3 is 11.6 Å². The van der Waals surface area contributed by atoms with E-state index < -0.39 is 28.5 Å². The van der Waals surface area contributed by atoms with E-state index in [4.69, 9.17) is 4.42 Å². The van der Waals surface area contributed by atoms with Gasteiger partial charge in [-0.15, -0.1) is 0 Å². The molecular weight excluding hydrogens is 316 g/mol. The molecule has 0 fully saturated rings. The Morgan fingerprint density at radius 2 is 1.92 bits per heavy atom. The second-order valence-electron chi connectivity index (χ2n) is 4.96. The van der Waals surface area contributed by atoms with Crippen LogP contribution in [0.1, 0.15) is 16.1 Å². The maximum absolute atomic E-state index is 12.7. The molecule has 8 nitrogen and oxygen atoms in total. The number of rotatable bonds is 2. The Kier molecular flexibility index (Phi) is 3.64. The second-order valence-corrected chi connectivity index (χ2v) is 4.96. The molecule has 0 radical (unpaired) electrons. The maximum atomic E-state index is 12.7. The van der Waals surface area contributed by atoms with Gasteiger partial charge in [-0.2, -0.15) is 9.78 Å².